The van der Waals surface area contributed by atoms with Gasteiger partial charge in [-0.05, 0) is 78.2 Å². The van der Waals surface area contributed by atoms with Gasteiger partial charge in [-0.15, -0.1) is 0 Å². The van der Waals surface area contributed by atoms with Crippen molar-refractivity contribution < 1.29 is 13.7 Å². The predicted molar refractivity (Wildman–Crippen MR) is 163 cm³/mol. The molecule has 0 fully saturated rings. The molecule has 0 bridgehead atoms. The first-order chi connectivity index (χ1) is 23.0. The topological polar surface area (TPSA) is 0 Å². The molecule has 0 spiro atoms. The van der Waals surface area contributed by atoms with E-state index in [0.29, 0.717) is 32.7 Å². The van der Waals surface area contributed by atoms with Crippen LogP contribution < -0.4 is 0 Å². The predicted octanol–water partition coefficient (Wildman–Crippen LogP) is 10.7. The van der Waals surface area contributed by atoms with Crippen molar-refractivity contribution in [3.63, 3.8) is 0 Å². The van der Waals surface area contributed by atoms with Crippen LogP contribution in [-0.2, 0) is 0 Å². The van der Waals surface area contributed by atoms with Gasteiger partial charge in [0.15, 0.2) is 0 Å². The molecule has 0 heterocycles. The Kier molecular flexibility index (Phi) is 3.53. The summed E-state index contributed by atoms with van der Waals surface area (Å²) in [6, 6.07) is 26.0. The summed E-state index contributed by atoms with van der Waals surface area (Å²) in [5.41, 5.74) is 4.18. The van der Waals surface area contributed by atoms with Crippen molar-refractivity contribution in [1.29, 1.82) is 0 Å². The highest BCUT2D eigenvalue weighted by atomic mass is 14.2. The molecule has 0 radical (unpaired) electrons. The van der Waals surface area contributed by atoms with Gasteiger partial charge >= 0.3 is 0 Å². The molecule has 0 amide bonds. The van der Waals surface area contributed by atoms with E-state index in [1.807, 2.05) is 97.1 Å². The molecule has 0 saturated carbocycles. The maximum atomic E-state index is 8.98. The SMILES string of the molecule is [2H]c1c([2H])c([2H])c(-c2c3ccc(-c4ccccc4)cc3c(-c3c([2H])c([2H])c([2H])c([2H])c3[2H])c3ccc(-c4ccccc4)cc23)c([2H])c1[2H]. The molecule has 7 rings (SSSR count). The molecule has 0 atom stereocenters. The van der Waals surface area contributed by atoms with Crippen molar-refractivity contribution in [2.75, 3.05) is 0 Å². The van der Waals surface area contributed by atoms with Gasteiger partial charge in [-0.2, -0.15) is 0 Å². The molecule has 0 saturated heterocycles. The first-order valence-corrected chi connectivity index (χ1v) is 12.3. The standard InChI is InChI=1S/C38H26/c1-5-13-27(14-6-1)31-21-23-33-35(25-31)37(29-17-9-3-10-18-29)34-24-22-32(28-15-7-2-8-16-28)26-36(34)38(33)30-19-11-4-12-20-30/h1-26H/i3D,4D,9D,10D,11D,12D,17D,18D,19D,20D. The van der Waals surface area contributed by atoms with Crippen LogP contribution >= 0.6 is 0 Å². The Hall–Kier alpha value is -4.94. The molecule has 178 valence electrons. The van der Waals surface area contributed by atoms with Gasteiger partial charge in [0, 0.05) is 0 Å². The molecule has 7 aromatic rings. The lowest BCUT2D eigenvalue weighted by Crippen LogP contribution is -1.92. The van der Waals surface area contributed by atoms with Crippen LogP contribution in [0.15, 0.2) is 157 Å². The normalized spacial score (nSPS) is 14.8. The maximum Gasteiger partial charge on any atom is 0.0629 e. The Morgan fingerprint density at radius 1 is 0.316 bits per heavy atom. The Labute approximate surface area is 237 Å². The van der Waals surface area contributed by atoms with Crippen molar-refractivity contribution in [3.8, 4) is 44.5 Å². The first-order valence-electron chi connectivity index (χ1n) is 17.3. The molecule has 38 heavy (non-hydrogen) atoms. The monoisotopic (exact) mass is 492 g/mol. The van der Waals surface area contributed by atoms with Gasteiger partial charge in [0.1, 0.15) is 0 Å². The van der Waals surface area contributed by atoms with Crippen LogP contribution in [0.4, 0.5) is 0 Å². The fourth-order valence-electron chi connectivity index (χ4n) is 5.14. The number of hydrogen-bond donors (Lipinski definition) is 0. The second kappa shape index (κ2) is 9.50. The zero-order chi connectivity index (χ0) is 34.0. The van der Waals surface area contributed by atoms with Crippen LogP contribution in [0.1, 0.15) is 13.7 Å². The summed E-state index contributed by atoms with van der Waals surface area (Å²) in [6.07, 6.45) is 0. The van der Waals surface area contributed by atoms with Crippen LogP contribution in [0.3, 0.4) is 0 Å². The van der Waals surface area contributed by atoms with Gasteiger partial charge in [-0.25, -0.2) is 0 Å². The van der Waals surface area contributed by atoms with E-state index in [0.717, 1.165) is 22.3 Å². The second-order valence-electron chi connectivity index (χ2n) is 9.00. The van der Waals surface area contributed by atoms with Gasteiger partial charge in [0.25, 0.3) is 0 Å². The Morgan fingerprint density at radius 2 is 0.711 bits per heavy atom. The van der Waals surface area contributed by atoms with E-state index in [2.05, 4.69) is 0 Å². The molecular weight excluding hydrogens is 456 g/mol. The zero-order valence-corrected chi connectivity index (χ0v) is 20.2. The largest absolute Gasteiger partial charge is 0.0629 e. The van der Waals surface area contributed by atoms with Crippen molar-refractivity contribution in [2.24, 2.45) is 0 Å². The van der Waals surface area contributed by atoms with Gasteiger partial charge < -0.3 is 0 Å². The molecule has 0 N–H and O–H groups in total. The summed E-state index contributed by atoms with van der Waals surface area (Å²) >= 11 is 0. The van der Waals surface area contributed by atoms with Crippen LogP contribution in [0, 0.1) is 0 Å². The minimum atomic E-state index is -0.505. The molecule has 7 aromatic carbocycles. The quantitative estimate of drug-likeness (QED) is 0.214. The summed E-state index contributed by atoms with van der Waals surface area (Å²) < 4.78 is 86.5. The molecule has 0 aliphatic heterocycles. The number of benzene rings is 7. The first kappa shape index (κ1) is 14.1. The van der Waals surface area contributed by atoms with Crippen LogP contribution in [0.5, 0.6) is 0 Å². The second-order valence-corrected chi connectivity index (χ2v) is 9.00. The summed E-state index contributed by atoms with van der Waals surface area (Å²) in [5.74, 6) is 0. The van der Waals surface area contributed by atoms with E-state index < -0.39 is 36.3 Å². The number of hydrogen-bond acceptors (Lipinski definition) is 0. The van der Waals surface area contributed by atoms with Crippen molar-refractivity contribution in [3.05, 3.63) is 157 Å². The van der Waals surface area contributed by atoms with E-state index in [1.165, 1.54) is 0 Å². The van der Waals surface area contributed by atoms with Gasteiger partial charge in [0.2, 0.25) is 0 Å². The highest BCUT2D eigenvalue weighted by Gasteiger charge is 2.18. The molecule has 0 heteroatoms. The van der Waals surface area contributed by atoms with E-state index in [-0.39, 0.29) is 35.3 Å². The Bertz CT molecular complexity index is 2210. The minimum absolute atomic E-state index is 0.0151. The van der Waals surface area contributed by atoms with Gasteiger partial charge in [-0.1, -0.05) is 145 Å². The Balaban J connectivity index is 1.76. The Morgan fingerprint density at radius 3 is 1.11 bits per heavy atom. The van der Waals surface area contributed by atoms with E-state index in [1.54, 1.807) is 0 Å². The highest BCUT2D eigenvalue weighted by Crippen LogP contribution is 2.45. The molecule has 0 unspecified atom stereocenters. The van der Waals surface area contributed by atoms with Crippen LogP contribution in [0.2, 0.25) is 0 Å². The zero-order valence-electron chi connectivity index (χ0n) is 30.2. The van der Waals surface area contributed by atoms with Crippen molar-refractivity contribution >= 4 is 21.5 Å². The maximum absolute atomic E-state index is 8.98. The summed E-state index contributed by atoms with van der Waals surface area (Å²) in [5, 5.41) is 2.04. The highest BCUT2D eigenvalue weighted by molar-refractivity contribution is 6.22. The summed E-state index contributed by atoms with van der Waals surface area (Å²) in [6.45, 7) is 0. The van der Waals surface area contributed by atoms with Crippen LogP contribution in [-0.4, -0.2) is 0 Å². The minimum Gasteiger partial charge on any atom is -0.0622 e. The average molecular weight is 493 g/mol. The third-order valence-corrected chi connectivity index (χ3v) is 6.83. The lowest BCUT2D eigenvalue weighted by Gasteiger charge is -2.19. The smallest absolute Gasteiger partial charge is 0.0622 e. The van der Waals surface area contributed by atoms with Gasteiger partial charge in [-0.3, -0.25) is 0 Å². The van der Waals surface area contributed by atoms with E-state index in [4.69, 9.17) is 13.7 Å². The number of fused-ring (bicyclic) bond motifs is 2. The van der Waals surface area contributed by atoms with Crippen molar-refractivity contribution in [2.45, 2.75) is 0 Å². The van der Waals surface area contributed by atoms with Gasteiger partial charge in [0.05, 0.1) is 13.7 Å². The average Bonchev–Trinajstić information content (AvgIpc) is 3.12. The van der Waals surface area contributed by atoms with Crippen molar-refractivity contribution in [1.82, 2.24) is 0 Å². The third kappa shape index (κ3) is 3.88. The molecule has 0 nitrogen and oxygen atoms in total. The lowest BCUT2D eigenvalue weighted by atomic mass is 9.84. The van der Waals surface area contributed by atoms with E-state index >= 15 is 0 Å². The molecular formula is C38H26. The lowest BCUT2D eigenvalue weighted by molar-refractivity contribution is 1.62. The molecule has 0 aromatic heterocycles. The third-order valence-electron chi connectivity index (χ3n) is 6.83. The summed E-state index contributed by atoms with van der Waals surface area (Å²) in [7, 11) is 0. The van der Waals surface area contributed by atoms with Crippen LogP contribution in [0.25, 0.3) is 66.1 Å². The fourth-order valence-corrected chi connectivity index (χ4v) is 5.14. The van der Waals surface area contributed by atoms with E-state index in [9.17, 15) is 0 Å². The summed E-state index contributed by atoms with van der Waals surface area (Å²) in [4.78, 5) is 0. The molecule has 0 aliphatic carbocycles. The fraction of sp³-hybridized carbons (Fsp3) is 0. The number of rotatable bonds is 4. The molecule has 0 aliphatic rings.